The van der Waals surface area contributed by atoms with Crippen molar-refractivity contribution < 1.29 is 4.74 Å². The molecule has 1 aromatic heterocycles. The number of aliphatic imine (C=N–C) groups is 1. The Hall–Kier alpha value is -3.14. The maximum absolute atomic E-state index is 5.38. The van der Waals surface area contributed by atoms with E-state index in [0.29, 0.717) is 0 Å². The average Bonchev–Trinajstić information content (AvgIpc) is 2.90. The van der Waals surface area contributed by atoms with E-state index in [0.717, 1.165) is 52.5 Å². The molecule has 0 saturated heterocycles. The molecule has 0 unspecified atom stereocenters. The Morgan fingerprint density at radius 2 is 1.80 bits per heavy atom. The Morgan fingerprint density at radius 1 is 0.920 bits per heavy atom. The zero-order chi connectivity index (χ0) is 17.1. The van der Waals surface area contributed by atoms with Gasteiger partial charge in [0.15, 0.2) is 0 Å². The van der Waals surface area contributed by atoms with E-state index in [1.165, 1.54) is 0 Å². The Kier molecular flexibility index (Phi) is 4.17. The molecule has 0 atom stereocenters. The quantitative estimate of drug-likeness (QED) is 0.789. The molecule has 0 spiro atoms. The van der Waals surface area contributed by atoms with E-state index < -0.39 is 0 Å². The van der Waals surface area contributed by atoms with E-state index in [2.05, 4.69) is 34.6 Å². The minimum Gasteiger partial charge on any atom is -0.497 e. The highest BCUT2D eigenvalue weighted by atomic mass is 16.5. The maximum atomic E-state index is 5.38. The molecular weight excluding hydrogens is 310 g/mol. The van der Waals surface area contributed by atoms with E-state index in [1.807, 2.05) is 42.7 Å². The fourth-order valence-corrected chi connectivity index (χ4v) is 3.08. The van der Waals surface area contributed by atoms with Crippen LogP contribution in [0.4, 0.5) is 5.69 Å². The Balaban J connectivity index is 1.84. The van der Waals surface area contributed by atoms with Crippen molar-refractivity contribution in [2.75, 3.05) is 25.5 Å². The van der Waals surface area contributed by atoms with Crippen LogP contribution in [0.15, 0.2) is 72.0 Å². The van der Waals surface area contributed by atoms with Crippen molar-refractivity contribution in [2.24, 2.45) is 4.99 Å². The number of nitrogens with one attached hydrogen (secondary N) is 1. The van der Waals surface area contributed by atoms with Crippen molar-refractivity contribution in [3.63, 3.8) is 0 Å². The zero-order valence-corrected chi connectivity index (χ0v) is 14.1. The van der Waals surface area contributed by atoms with Gasteiger partial charge in [-0.3, -0.25) is 9.98 Å². The standard InChI is InChI=1S/C21H19N3O/c1-25-18-4-2-3-17(13-18)21-19-14-16(15-7-9-22-10-8-15)5-6-20(19)23-11-12-24-21/h2-10,13-14,23H,11-12H2,1H3. The number of fused-ring (bicyclic) bond motifs is 1. The van der Waals surface area contributed by atoms with Gasteiger partial charge < -0.3 is 10.1 Å². The number of ether oxygens (including phenoxy) is 1. The van der Waals surface area contributed by atoms with Crippen molar-refractivity contribution in [3.8, 4) is 16.9 Å². The summed E-state index contributed by atoms with van der Waals surface area (Å²) in [7, 11) is 1.69. The molecule has 4 rings (SSSR count). The van der Waals surface area contributed by atoms with Gasteiger partial charge in [0.25, 0.3) is 0 Å². The van der Waals surface area contributed by atoms with Gasteiger partial charge >= 0.3 is 0 Å². The molecule has 25 heavy (non-hydrogen) atoms. The number of hydrogen-bond acceptors (Lipinski definition) is 4. The van der Waals surface area contributed by atoms with Gasteiger partial charge in [0.2, 0.25) is 0 Å². The van der Waals surface area contributed by atoms with Crippen LogP contribution < -0.4 is 10.1 Å². The first kappa shape index (κ1) is 15.4. The van der Waals surface area contributed by atoms with Crippen LogP contribution in [-0.4, -0.2) is 30.9 Å². The van der Waals surface area contributed by atoms with Gasteiger partial charge in [-0.15, -0.1) is 0 Å². The second-order valence-electron chi connectivity index (χ2n) is 5.89. The number of hydrogen-bond donors (Lipinski definition) is 1. The molecular formula is C21H19N3O. The van der Waals surface area contributed by atoms with Gasteiger partial charge in [0.05, 0.1) is 19.4 Å². The molecule has 2 heterocycles. The SMILES string of the molecule is COc1cccc(C2=NCCNc3ccc(-c4ccncc4)cc32)c1. The highest BCUT2D eigenvalue weighted by Crippen LogP contribution is 2.29. The van der Waals surface area contributed by atoms with Crippen molar-refractivity contribution in [1.82, 2.24) is 4.98 Å². The smallest absolute Gasteiger partial charge is 0.119 e. The lowest BCUT2D eigenvalue weighted by Gasteiger charge is -2.13. The van der Waals surface area contributed by atoms with Gasteiger partial charge in [-0.25, -0.2) is 0 Å². The fourth-order valence-electron chi connectivity index (χ4n) is 3.08. The molecule has 0 radical (unpaired) electrons. The third kappa shape index (κ3) is 3.11. The summed E-state index contributed by atoms with van der Waals surface area (Å²) in [6.45, 7) is 1.57. The van der Waals surface area contributed by atoms with E-state index in [1.54, 1.807) is 7.11 Å². The molecule has 2 aromatic carbocycles. The lowest BCUT2D eigenvalue weighted by Crippen LogP contribution is -2.06. The van der Waals surface area contributed by atoms with Gasteiger partial charge in [-0.1, -0.05) is 18.2 Å². The van der Waals surface area contributed by atoms with Crippen molar-refractivity contribution >= 4 is 11.4 Å². The van der Waals surface area contributed by atoms with E-state index in [9.17, 15) is 0 Å². The molecule has 0 aliphatic carbocycles. The van der Waals surface area contributed by atoms with Crippen molar-refractivity contribution in [2.45, 2.75) is 0 Å². The minimum absolute atomic E-state index is 0.742. The summed E-state index contributed by atoms with van der Waals surface area (Å²) >= 11 is 0. The molecule has 124 valence electrons. The monoisotopic (exact) mass is 329 g/mol. The molecule has 0 saturated carbocycles. The number of rotatable bonds is 3. The lowest BCUT2D eigenvalue weighted by atomic mass is 9.96. The molecule has 1 N–H and O–H groups in total. The molecule has 1 aliphatic rings. The van der Waals surface area contributed by atoms with E-state index >= 15 is 0 Å². The van der Waals surface area contributed by atoms with Gasteiger partial charge in [-0.05, 0) is 47.5 Å². The van der Waals surface area contributed by atoms with Gasteiger partial charge in [0, 0.05) is 35.8 Å². The van der Waals surface area contributed by atoms with Crippen LogP contribution in [0.3, 0.4) is 0 Å². The molecule has 4 heteroatoms. The van der Waals surface area contributed by atoms with Crippen LogP contribution in [0.1, 0.15) is 11.1 Å². The molecule has 3 aromatic rings. The number of anilines is 1. The summed E-state index contributed by atoms with van der Waals surface area (Å²) in [5.74, 6) is 0.837. The third-order valence-electron chi connectivity index (χ3n) is 4.33. The number of nitrogens with zero attached hydrogens (tertiary/aromatic N) is 2. The highest BCUT2D eigenvalue weighted by Gasteiger charge is 2.16. The van der Waals surface area contributed by atoms with Crippen molar-refractivity contribution in [1.29, 1.82) is 0 Å². The number of methoxy groups -OCH3 is 1. The molecule has 0 bridgehead atoms. The van der Waals surface area contributed by atoms with Crippen LogP contribution in [-0.2, 0) is 0 Å². The normalized spacial score (nSPS) is 13.2. The fraction of sp³-hybridized carbons (Fsp3) is 0.143. The first-order valence-corrected chi connectivity index (χ1v) is 8.33. The average molecular weight is 329 g/mol. The number of benzodiazepines with no additional fused rings is 1. The second kappa shape index (κ2) is 6.77. The summed E-state index contributed by atoms with van der Waals surface area (Å²) in [5.41, 5.74) is 6.58. The van der Waals surface area contributed by atoms with Crippen LogP contribution in [0.25, 0.3) is 11.1 Å². The summed E-state index contributed by atoms with van der Waals surface area (Å²) in [6, 6.07) is 18.6. The molecule has 1 aliphatic heterocycles. The van der Waals surface area contributed by atoms with E-state index in [4.69, 9.17) is 9.73 Å². The largest absolute Gasteiger partial charge is 0.497 e. The van der Waals surface area contributed by atoms with Crippen molar-refractivity contribution in [3.05, 3.63) is 78.1 Å². The third-order valence-corrected chi connectivity index (χ3v) is 4.33. The summed E-state index contributed by atoms with van der Waals surface area (Å²) < 4.78 is 5.38. The maximum Gasteiger partial charge on any atom is 0.119 e. The zero-order valence-electron chi connectivity index (χ0n) is 14.1. The summed E-state index contributed by atoms with van der Waals surface area (Å²) in [4.78, 5) is 8.94. The van der Waals surface area contributed by atoms with Crippen LogP contribution >= 0.6 is 0 Å². The molecule has 0 amide bonds. The van der Waals surface area contributed by atoms with Crippen LogP contribution in [0.2, 0.25) is 0 Å². The van der Waals surface area contributed by atoms with Gasteiger partial charge in [-0.2, -0.15) is 0 Å². The van der Waals surface area contributed by atoms with E-state index in [-0.39, 0.29) is 0 Å². The summed E-state index contributed by atoms with van der Waals surface area (Å²) in [5, 5.41) is 3.47. The number of aromatic nitrogens is 1. The van der Waals surface area contributed by atoms with Crippen LogP contribution in [0.5, 0.6) is 5.75 Å². The first-order valence-electron chi connectivity index (χ1n) is 8.33. The molecule has 4 nitrogen and oxygen atoms in total. The predicted molar refractivity (Wildman–Crippen MR) is 102 cm³/mol. The second-order valence-corrected chi connectivity index (χ2v) is 5.89. The first-order chi connectivity index (χ1) is 12.3. The number of pyridine rings is 1. The lowest BCUT2D eigenvalue weighted by molar-refractivity contribution is 0.414. The van der Waals surface area contributed by atoms with Crippen LogP contribution in [0, 0.1) is 0 Å². The minimum atomic E-state index is 0.742. The molecule has 0 fully saturated rings. The predicted octanol–water partition coefficient (Wildman–Crippen LogP) is 4.02. The Bertz CT molecular complexity index is 919. The number of benzene rings is 2. The topological polar surface area (TPSA) is 46.5 Å². The van der Waals surface area contributed by atoms with Gasteiger partial charge in [0.1, 0.15) is 5.75 Å². The summed E-state index contributed by atoms with van der Waals surface area (Å²) in [6.07, 6.45) is 3.63. The highest BCUT2D eigenvalue weighted by molar-refractivity contribution is 6.16. The Labute approximate surface area is 147 Å². The Morgan fingerprint density at radius 3 is 2.64 bits per heavy atom.